The van der Waals surface area contributed by atoms with Crippen LogP contribution >= 0.6 is 0 Å². The highest BCUT2D eigenvalue weighted by atomic mass is 19.4. The van der Waals surface area contributed by atoms with Gasteiger partial charge in [0.05, 0.1) is 44.2 Å². The summed E-state index contributed by atoms with van der Waals surface area (Å²) in [6, 6.07) is 7.92. The fraction of sp³-hybridized carbons (Fsp3) is 0.516. The Morgan fingerprint density at radius 3 is 2.51 bits per heavy atom. The summed E-state index contributed by atoms with van der Waals surface area (Å²) in [6.07, 6.45) is 5.21. The van der Waals surface area contributed by atoms with Crippen LogP contribution in [0.5, 0.6) is 11.6 Å². The molecule has 1 unspecified atom stereocenters. The molecule has 0 radical (unpaired) electrons. The van der Waals surface area contributed by atoms with E-state index in [4.69, 9.17) is 14.2 Å². The monoisotopic (exact) mass is 683 g/mol. The highest BCUT2D eigenvalue weighted by Crippen LogP contribution is 2.35. The third-order valence-corrected chi connectivity index (χ3v) is 8.39. The van der Waals surface area contributed by atoms with Gasteiger partial charge in [-0.3, -0.25) is 14.3 Å². The number of anilines is 2. The minimum absolute atomic E-state index is 0.105. The van der Waals surface area contributed by atoms with Crippen molar-refractivity contribution in [1.82, 2.24) is 44.9 Å². The molecule has 1 atom stereocenters. The van der Waals surface area contributed by atoms with E-state index in [0.717, 1.165) is 57.6 Å². The van der Waals surface area contributed by atoms with Gasteiger partial charge in [-0.05, 0) is 60.7 Å². The van der Waals surface area contributed by atoms with Gasteiger partial charge in [0, 0.05) is 37.1 Å². The zero-order chi connectivity index (χ0) is 34.2. The number of nitrogens with one attached hydrogen (secondary N) is 1. The van der Waals surface area contributed by atoms with Gasteiger partial charge in [0.1, 0.15) is 36.5 Å². The summed E-state index contributed by atoms with van der Waals surface area (Å²) in [4.78, 5) is 11.4. The number of benzene rings is 1. The van der Waals surface area contributed by atoms with E-state index >= 15 is 0 Å². The third kappa shape index (κ3) is 9.19. The maximum absolute atomic E-state index is 12.5. The van der Waals surface area contributed by atoms with Crippen molar-refractivity contribution in [3.05, 3.63) is 48.7 Å². The summed E-state index contributed by atoms with van der Waals surface area (Å²) in [6.45, 7) is 4.57. The molecule has 1 aliphatic carbocycles. The second kappa shape index (κ2) is 15.6. The van der Waals surface area contributed by atoms with E-state index in [1.165, 1.54) is 11.0 Å². The van der Waals surface area contributed by atoms with Gasteiger partial charge in [0.15, 0.2) is 0 Å². The summed E-state index contributed by atoms with van der Waals surface area (Å²) >= 11 is 0. The molecular formula is C31H36F3N11O4. The molecule has 3 aromatic heterocycles. The van der Waals surface area contributed by atoms with Gasteiger partial charge in [-0.25, -0.2) is 14.6 Å². The van der Waals surface area contributed by atoms with Crippen molar-refractivity contribution in [2.24, 2.45) is 0 Å². The van der Waals surface area contributed by atoms with Gasteiger partial charge in [0.2, 0.25) is 5.95 Å². The SMILES string of the molecule is CC(Cn1cnnn1)Oc1cc(-c2cnc(Nc3cn(C4CCC(N5CCOCC5)CC4)nc3OCCOC(F)(F)F)nc2)ccc1C#N. The Morgan fingerprint density at radius 1 is 1.06 bits per heavy atom. The molecule has 0 amide bonds. The van der Waals surface area contributed by atoms with Crippen LogP contribution < -0.4 is 14.8 Å². The number of nitriles is 1. The maximum atomic E-state index is 12.5. The molecule has 1 saturated heterocycles. The van der Waals surface area contributed by atoms with Crippen molar-refractivity contribution in [3.63, 3.8) is 0 Å². The van der Waals surface area contributed by atoms with E-state index in [1.54, 1.807) is 36.8 Å². The summed E-state index contributed by atoms with van der Waals surface area (Å²) in [5.41, 5.74) is 2.18. The molecule has 1 saturated carbocycles. The van der Waals surface area contributed by atoms with E-state index in [9.17, 15) is 18.4 Å². The van der Waals surface area contributed by atoms with Crippen LogP contribution in [0.15, 0.2) is 43.1 Å². The van der Waals surface area contributed by atoms with Crippen LogP contribution in [0.3, 0.4) is 0 Å². The number of ether oxygens (including phenoxy) is 4. The molecule has 2 aliphatic rings. The molecule has 0 bridgehead atoms. The molecule has 2 fully saturated rings. The normalized spacial score (nSPS) is 19.2. The zero-order valence-corrected chi connectivity index (χ0v) is 26.8. The van der Waals surface area contributed by atoms with Gasteiger partial charge in [-0.1, -0.05) is 6.07 Å². The Hall–Kier alpha value is -4.86. The van der Waals surface area contributed by atoms with Gasteiger partial charge in [-0.2, -0.15) is 5.26 Å². The van der Waals surface area contributed by atoms with E-state index in [0.29, 0.717) is 35.2 Å². The minimum atomic E-state index is -4.76. The van der Waals surface area contributed by atoms with Crippen LogP contribution in [-0.4, -0.2) is 103 Å². The molecule has 1 N–H and O–H groups in total. The second-order valence-corrected chi connectivity index (χ2v) is 11.8. The predicted octanol–water partition coefficient (Wildman–Crippen LogP) is 4.14. The van der Waals surface area contributed by atoms with Gasteiger partial charge in [-0.15, -0.1) is 23.4 Å². The summed E-state index contributed by atoms with van der Waals surface area (Å²) in [7, 11) is 0. The van der Waals surface area contributed by atoms with Crippen LogP contribution in [-0.2, 0) is 16.0 Å². The van der Waals surface area contributed by atoms with Gasteiger partial charge >= 0.3 is 6.36 Å². The van der Waals surface area contributed by atoms with Crippen molar-refractivity contribution in [2.75, 3.05) is 44.8 Å². The molecule has 4 aromatic rings. The number of rotatable bonds is 13. The Balaban J connectivity index is 1.14. The number of nitrogens with zero attached hydrogens (tertiary/aromatic N) is 10. The van der Waals surface area contributed by atoms with Gasteiger partial charge in [0.25, 0.3) is 5.88 Å². The van der Waals surface area contributed by atoms with Crippen molar-refractivity contribution >= 4 is 11.6 Å². The van der Waals surface area contributed by atoms with Crippen LogP contribution in [0.1, 0.15) is 44.2 Å². The minimum Gasteiger partial charge on any atom is -0.487 e. The largest absolute Gasteiger partial charge is 0.522 e. The molecule has 18 heteroatoms. The molecular weight excluding hydrogens is 647 g/mol. The standard InChI is InChI=1S/C31H36F3N11O4/c1-21(18-44-20-38-41-42-44)49-28-14-22(2-3-23(28)15-35)24-16-36-30(37-17-24)39-27-19-45(40-29(27)47-12-13-48-31(32,33)34)26-6-4-25(5-7-26)43-8-10-46-11-9-43/h2-3,14,16-17,19-21,25-26H,4-13,18H2,1H3,(H,36,37,39). The number of hydrogen-bond acceptors (Lipinski definition) is 13. The lowest BCUT2D eigenvalue weighted by Crippen LogP contribution is -2.45. The second-order valence-electron chi connectivity index (χ2n) is 11.8. The topological polar surface area (TPSA) is 163 Å². The molecule has 4 heterocycles. The lowest BCUT2D eigenvalue weighted by molar-refractivity contribution is -0.325. The zero-order valence-electron chi connectivity index (χ0n) is 26.8. The highest BCUT2D eigenvalue weighted by molar-refractivity contribution is 5.67. The molecule has 1 aliphatic heterocycles. The quantitative estimate of drug-likeness (QED) is 0.200. The average molecular weight is 684 g/mol. The molecule has 6 rings (SSSR count). The van der Waals surface area contributed by atoms with Gasteiger partial charge < -0.3 is 19.5 Å². The number of hydrogen-bond donors (Lipinski definition) is 1. The summed E-state index contributed by atoms with van der Waals surface area (Å²) in [5, 5.41) is 28.4. The smallest absolute Gasteiger partial charge is 0.487 e. The summed E-state index contributed by atoms with van der Waals surface area (Å²) in [5.74, 6) is 0.750. The molecule has 15 nitrogen and oxygen atoms in total. The third-order valence-electron chi connectivity index (χ3n) is 8.39. The number of morpholine rings is 1. The average Bonchev–Trinajstić information content (AvgIpc) is 3.77. The number of aromatic nitrogens is 8. The maximum Gasteiger partial charge on any atom is 0.522 e. The van der Waals surface area contributed by atoms with E-state index in [-0.39, 0.29) is 30.6 Å². The molecule has 49 heavy (non-hydrogen) atoms. The Morgan fingerprint density at radius 2 is 1.82 bits per heavy atom. The predicted molar refractivity (Wildman–Crippen MR) is 167 cm³/mol. The Labute approximate surface area is 279 Å². The Bertz CT molecular complexity index is 1680. The van der Waals surface area contributed by atoms with E-state index in [2.05, 4.69) is 51.6 Å². The molecule has 0 spiro atoms. The van der Waals surface area contributed by atoms with Crippen LogP contribution in [0.2, 0.25) is 0 Å². The lowest BCUT2D eigenvalue weighted by atomic mass is 9.90. The van der Waals surface area contributed by atoms with Crippen molar-refractivity contribution in [1.29, 1.82) is 5.26 Å². The fourth-order valence-corrected chi connectivity index (χ4v) is 6.02. The fourth-order valence-electron chi connectivity index (χ4n) is 6.02. The van der Waals surface area contributed by atoms with Crippen LogP contribution in [0, 0.1) is 11.3 Å². The lowest BCUT2D eigenvalue weighted by Gasteiger charge is -2.38. The highest BCUT2D eigenvalue weighted by Gasteiger charge is 2.30. The summed E-state index contributed by atoms with van der Waals surface area (Å²) < 4.78 is 62.0. The molecule has 1 aromatic carbocycles. The van der Waals surface area contributed by atoms with E-state index < -0.39 is 13.0 Å². The van der Waals surface area contributed by atoms with Crippen molar-refractivity contribution < 1.29 is 32.1 Å². The number of tetrazole rings is 1. The number of alkyl halides is 3. The van der Waals surface area contributed by atoms with Crippen LogP contribution in [0.4, 0.5) is 24.8 Å². The van der Waals surface area contributed by atoms with Crippen molar-refractivity contribution in [3.8, 4) is 28.8 Å². The first-order valence-corrected chi connectivity index (χ1v) is 16.0. The first-order valence-electron chi connectivity index (χ1n) is 16.0. The Kier molecular flexibility index (Phi) is 10.8. The first-order chi connectivity index (χ1) is 23.7. The van der Waals surface area contributed by atoms with E-state index in [1.807, 2.05) is 11.6 Å². The van der Waals surface area contributed by atoms with Crippen molar-refractivity contribution in [2.45, 2.75) is 63.7 Å². The molecule has 260 valence electrons. The van der Waals surface area contributed by atoms with Crippen LogP contribution in [0.25, 0.3) is 11.1 Å². The number of halogens is 3. The first kappa shape index (κ1) is 34.0.